The van der Waals surface area contributed by atoms with E-state index in [0.29, 0.717) is 10.9 Å². The normalized spacial score (nSPS) is 12.0. The predicted octanol–water partition coefficient (Wildman–Crippen LogP) is 4.77. The highest BCUT2D eigenvalue weighted by Gasteiger charge is 2.21. The topological polar surface area (TPSA) is 9.23 Å². The summed E-state index contributed by atoms with van der Waals surface area (Å²) in [6.07, 6.45) is 0. The van der Waals surface area contributed by atoms with Gasteiger partial charge >= 0.3 is 0 Å². The van der Waals surface area contributed by atoms with Crippen molar-refractivity contribution >= 4 is 11.6 Å². The fourth-order valence-corrected chi connectivity index (χ4v) is 2.09. The Morgan fingerprint density at radius 2 is 1.75 bits per heavy atom. The highest BCUT2D eigenvalue weighted by molar-refractivity contribution is 6.32. The average molecular weight is 241 g/mol. The van der Waals surface area contributed by atoms with Gasteiger partial charge in [0.25, 0.3) is 0 Å². The Kier molecular flexibility index (Phi) is 3.90. The Bertz CT molecular complexity index is 375. The van der Waals surface area contributed by atoms with E-state index in [4.69, 9.17) is 16.3 Å². The first kappa shape index (κ1) is 13.4. The summed E-state index contributed by atoms with van der Waals surface area (Å²) >= 11 is 6.19. The highest BCUT2D eigenvalue weighted by atomic mass is 35.5. The lowest BCUT2D eigenvalue weighted by Gasteiger charge is -2.26. The van der Waals surface area contributed by atoms with Crippen molar-refractivity contribution in [2.75, 3.05) is 7.11 Å². The van der Waals surface area contributed by atoms with E-state index in [1.54, 1.807) is 7.11 Å². The molecule has 0 fully saturated rings. The summed E-state index contributed by atoms with van der Waals surface area (Å²) < 4.78 is 5.27. The molecule has 0 amide bonds. The second kappa shape index (κ2) is 4.67. The Morgan fingerprint density at radius 3 is 2.12 bits per heavy atom. The second-order valence-corrected chi connectivity index (χ2v) is 5.89. The second-order valence-electron chi connectivity index (χ2n) is 5.48. The number of hydrogen-bond donors (Lipinski definition) is 0. The Morgan fingerprint density at radius 1 is 1.19 bits per heavy atom. The minimum Gasteiger partial charge on any atom is -0.495 e. The maximum Gasteiger partial charge on any atom is 0.137 e. The van der Waals surface area contributed by atoms with Crippen molar-refractivity contribution in [2.24, 2.45) is 0 Å². The summed E-state index contributed by atoms with van der Waals surface area (Å²) in [5.74, 6) is 1.23. The van der Waals surface area contributed by atoms with Crippen LogP contribution in [0.25, 0.3) is 0 Å². The molecule has 0 saturated carbocycles. The van der Waals surface area contributed by atoms with Crippen LogP contribution in [0, 0.1) is 0 Å². The first-order valence-electron chi connectivity index (χ1n) is 5.65. The molecule has 90 valence electrons. The molecule has 2 heteroatoms. The van der Waals surface area contributed by atoms with Crippen LogP contribution in [-0.4, -0.2) is 7.11 Å². The molecule has 1 nitrogen and oxygen atoms in total. The molecule has 0 aromatic heterocycles. The lowest BCUT2D eigenvalue weighted by Crippen LogP contribution is -2.15. The zero-order chi connectivity index (χ0) is 12.5. The smallest absolute Gasteiger partial charge is 0.137 e. The Hall–Kier alpha value is -0.690. The molecule has 0 radical (unpaired) electrons. The van der Waals surface area contributed by atoms with E-state index in [2.05, 4.69) is 40.7 Å². The van der Waals surface area contributed by atoms with E-state index < -0.39 is 0 Å². The van der Waals surface area contributed by atoms with Gasteiger partial charge in [-0.2, -0.15) is 0 Å². The van der Waals surface area contributed by atoms with Crippen molar-refractivity contribution in [1.82, 2.24) is 0 Å². The lowest BCUT2D eigenvalue weighted by molar-refractivity contribution is 0.413. The molecule has 1 rings (SSSR count). The summed E-state index contributed by atoms with van der Waals surface area (Å²) in [5.41, 5.74) is 2.72. The molecule has 0 unspecified atom stereocenters. The molecule has 16 heavy (non-hydrogen) atoms. The van der Waals surface area contributed by atoms with E-state index in [9.17, 15) is 0 Å². The van der Waals surface area contributed by atoms with E-state index in [1.165, 1.54) is 11.1 Å². The van der Waals surface area contributed by atoms with Gasteiger partial charge < -0.3 is 4.74 Å². The molecule has 1 aromatic rings. The van der Waals surface area contributed by atoms with Gasteiger partial charge in [0.2, 0.25) is 0 Å². The number of rotatable bonds is 2. The van der Waals surface area contributed by atoms with Crippen LogP contribution in [0.3, 0.4) is 0 Å². The number of benzene rings is 1. The van der Waals surface area contributed by atoms with Gasteiger partial charge in [0.15, 0.2) is 0 Å². The molecular formula is C14H21ClO. The van der Waals surface area contributed by atoms with Gasteiger partial charge in [0.1, 0.15) is 5.75 Å². The fourth-order valence-electron chi connectivity index (χ4n) is 1.85. The van der Waals surface area contributed by atoms with Gasteiger partial charge in [-0.25, -0.2) is 0 Å². The van der Waals surface area contributed by atoms with Crippen LogP contribution in [0.5, 0.6) is 5.75 Å². The van der Waals surface area contributed by atoms with Crippen molar-refractivity contribution in [2.45, 2.75) is 46.0 Å². The summed E-state index contributed by atoms with van der Waals surface area (Å²) in [7, 11) is 1.65. The van der Waals surface area contributed by atoms with Crippen molar-refractivity contribution in [3.8, 4) is 5.75 Å². The quantitative estimate of drug-likeness (QED) is 0.724. The summed E-state index contributed by atoms with van der Waals surface area (Å²) in [6.45, 7) is 11.0. The van der Waals surface area contributed by atoms with Crippen molar-refractivity contribution < 1.29 is 4.74 Å². The van der Waals surface area contributed by atoms with Gasteiger partial charge in [0, 0.05) is 0 Å². The van der Waals surface area contributed by atoms with Gasteiger partial charge in [-0.3, -0.25) is 0 Å². The number of halogens is 1. The number of ether oxygens (including phenoxy) is 1. The minimum atomic E-state index is 0.107. The van der Waals surface area contributed by atoms with Crippen molar-refractivity contribution in [1.29, 1.82) is 0 Å². The van der Waals surface area contributed by atoms with Crippen LogP contribution >= 0.6 is 11.6 Å². The van der Waals surface area contributed by atoms with Crippen LogP contribution in [0.4, 0.5) is 0 Å². The van der Waals surface area contributed by atoms with Crippen molar-refractivity contribution in [3.63, 3.8) is 0 Å². The minimum absolute atomic E-state index is 0.107. The Balaban J connectivity index is 3.42. The van der Waals surface area contributed by atoms with E-state index in [1.807, 2.05) is 6.07 Å². The third-order valence-electron chi connectivity index (χ3n) is 2.75. The van der Waals surface area contributed by atoms with E-state index >= 15 is 0 Å². The highest BCUT2D eigenvalue weighted by Crippen LogP contribution is 2.37. The molecule has 0 atom stereocenters. The standard InChI is InChI=1S/C14H21ClO/c1-9(2)10-7-13(16-6)12(15)8-11(10)14(3,4)5/h7-9H,1-6H3. The van der Waals surface area contributed by atoms with Gasteiger partial charge in [0.05, 0.1) is 12.1 Å². The van der Waals surface area contributed by atoms with Crippen LogP contribution < -0.4 is 4.74 Å². The van der Waals surface area contributed by atoms with Crippen LogP contribution in [0.2, 0.25) is 5.02 Å². The molecule has 0 bridgehead atoms. The molecule has 0 N–H and O–H groups in total. The average Bonchev–Trinajstić information content (AvgIpc) is 2.15. The summed E-state index contributed by atoms with van der Waals surface area (Å²) in [5, 5.41) is 0.692. The van der Waals surface area contributed by atoms with Crippen molar-refractivity contribution in [3.05, 3.63) is 28.3 Å². The van der Waals surface area contributed by atoms with Crippen LogP contribution in [-0.2, 0) is 5.41 Å². The molecule has 0 heterocycles. The predicted molar refractivity (Wildman–Crippen MR) is 70.8 cm³/mol. The zero-order valence-electron chi connectivity index (χ0n) is 11.0. The van der Waals surface area contributed by atoms with Gasteiger partial charge in [-0.05, 0) is 34.6 Å². The fraction of sp³-hybridized carbons (Fsp3) is 0.571. The lowest BCUT2D eigenvalue weighted by atomic mass is 9.80. The number of hydrogen-bond acceptors (Lipinski definition) is 1. The SMILES string of the molecule is COc1cc(C(C)C)c(C(C)(C)C)cc1Cl. The van der Waals surface area contributed by atoms with Gasteiger partial charge in [-0.1, -0.05) is 46.2 Å². The molecule has 0 spiro atoms. The molecule has 0 saturated heterocycles. The van der Waals surface area contributed by atoms with Crippen LogP contribution in [0.15, 0.2) is 12.1 Å². The molecular weight excluding hydrogens is 220 g/mol. The number of methoxy groups -OCH3 is 1. The van der Waals surface area contributed by atoms with E-state index in [0.717, 1.165) is 5.75 Å². The summed E-state index contributed by atoms with van der Waals surface area (Å²) in [4.78, 5) is 0. The molecule has 0 aliphatic heterocycles. The monoisotopic (exact) mass is 240 g/mol. The third kappa shape index (κ3) is 2.70. The largest absolute Gasteiger partial charge is 0.495 e. The zero-order valence-corrected chi connectivity index (χ0v) is 11.8. The first-order chi connectivity index (χ1) is 7.27. The van der Waals surface area contributed by atoms with E-state index in [-0.39, 0.29) is 5.41 Å². The van der Waals surface area contributed by atoms with Gasteiger partial charge in [-0.15, -0.1) is 0 Å². The molecule has 0 aliphatic rings. The van der Waals surface area contributed by atoms with Crippen LogP contribution in [0.1, 0.15) is 51.7 Å². The first-order valence-corrected chi connectivity index (χ1v) is 6.03. The molecule has 1 aromatic carbocycles. The molecule has 0 aliphatic carbocycles. The maximum atomic E-state index is 6.19. The summed E-state index contributed by atoms with van der Waals surface area (Å²) in [6, 6.07) is 4.10. The maximum absolute atomic E-state index is 6.19. The third-order valence-corrected chi connectivity index (χ3v) is 3.05. The Labute approximate surface area is 104 Å².